The fraction of sp³-hybridized carbons (Fsp3) is 0.583. The fourth-order valence-corrected chi connectivity index (χ4v) is 1.30. The zero-order chi connectivity index (χ0) is 14.1. The lowest BCUT2D eigenvalue weighted by Crippen LogP contribution is -2.12. The van der Waals surface area contributed by atoms with Gasteiger partial charge in [-0.1, -0.05) is 27.7 Å². The van der Waals surface area contributed by atoms with Crippen LogP contribution in [0.4, 0.5) is 5.95 Å². The van der Waals surface area contributed by atoms with Crippen LogP contribution in [0.5, 0.6) is 0 Å². The SMILES string of the molecule is CC.CC.CCn1cnc2c(=O)[nH]c(NC)nc21. The second-order valence-corrected chi connectivity index (χ2v) is 2.87. The van der Waals surface area contributed by atoms with Crippen LogP contribution in [-0.4, -0.2) is 26.6 Å². The Kier molecular flexibility index (Phi) is 7.42. The molecular weight excluding hydrogens is 230 g/mol. The molecule has 0 aliphatic heterocycles. The second kappa shape index (κ2) is 8.27. The van der Waals surface area contributed by atoms with Gasteiger partial charge in [-0.05, 0) is 6.92 Å². The monoisotopic (exact) mass is 253 g/mol. The first kappa shape index (κ1) is 16.1. The van der Waals surface area contributed by atoms with Crippen molar-refractivity contribution in [3.05, 3.63) is 16.7 Å². The largest absolute Gasteiger partial charge is 0.359 e. The van der Waals surface area contributed by atoms with E-state index in [9.17, 15) is 4.79 Å². The van der Waals surface area contributed by atoms with E-state index in [1.807, 2.05) is 39.2 Å². The maximum atomic E-state index is 11.5. The predicted octanol–water partition coefficient (Wildman–Crippen LogP) is 2.23. The van der Waals surface area contributed by atoms with E-state index < -0.39 is 0 Å². The molecule has 6 heteroatoms. The molecule has 0 atom stereocenters. The van der Waals surface area contributed by atoms with Crippen molar-refractivity contribution in [2.24, 2.45) is 0 Å². The molecule has 0 aromatic carbocycles. The third-order valence-electron chi connectivity index (χ3n) is 2.05. The molecule has 6 nitrogen and oxygen atoms in total. The first-order valence-electron chi connectivity index (χ1n) is 6.39. The van der Waals surface area contributed by atoms with Crippen molar-refractivity contribution in [1.82, 2.24) is 19.5 Å². The van der Waals surface area contributed by atoms with E-state index in [1.54, 1.807) is 13.4 Å². The van der Waals surface area contributed by atoms with Crippen LogP contribution in [-0.2, 0) is 6.54 Å². The highest BCUT2D eigenvalue weighted by atomic mass is 16.1. The van der Waals surface area contributed by atoms with E-state index >= 15 is 0 Å². The molecule has 0 spiro atoms. The smallest absolute Gasteiger partial charge is 0.280 e. The highest BCUT2D eigenvalue weighted by molar-refractivity contribution is 5.70. The van der Waals surface area contributed by atoms with E-state index in [0.717, 1.165) is 6.54 Å². The maximum absolute atomic E-state index is 11.5. The molecule has 18 heavy (non-hydrogen) atoms. The molecule has 2 N–H and O–H groups in total. The van der Waals surface area contributed by atoms with Gasteiger partial charge in [0.2, 0.25) is 5.95 Å². The van der Waals surface area contributed by atoms with E-state index in [-0.39, 0.29) is 5.56 Å². The molecular formula is C12H23N5O. The molecule has 2 aromatic rings. The van der Waals surface area contributed by atoms with Crippen molar-refractivity contribution in [1.29, 1.82) is 0 Å². The number of aryl methyl sites for hydroxylation is 1. The Morgan fingerprint density at radius 3 is 2.44 bits per heavy atom. The van der Waals surface area contributed by atoms with Crippen LogP contribution in [0.15, 0.2) is 11.1 Å². The van der Waals surface area contributed by atoms with Gasteiger partial charge in [-0.3, -0.25) is 9.78 Å². The number of H-pyrrole nitrogens is 1. The summed E-state index contributed by atoms with van der Waals surface area (Å²) < 4.78 is 1.82. The van der Waals surface area contributed by atoms with E-state index in [0.29, 0.717) is 17.1 Å². The summed E-state index contributed by atoms with van der Waals surface area (Å²) in [4.78, 5) is 22.3. The first-order valence-corrected chi connectivity index (χ1v) is 6.39. The number of nitrogens with one attached hydrogen (secondary N) is 2. The van der Waals surface area contributed by atoms with Crippen LogP contribution in [0.3, 0.4) is 0 Å². The van der Waals surface area contributed by atoms with Gasteiger partial charge in [-0.15, -0.1) is 0 Å². The average molecular weight is 253 g/mol. The van der Waals surface area contributed by atoms with Crippen molar-refractivity contribution in [2.75, 3.05) is 12.4 Å². The Labute approximate surface area is 107 Å². The number of aromatic nitrogens is 4. The lowest BCUT2D eigenvalue weighted by Gasteiger charge is -2.00. The predicted molar refractivity (Wildman–Crippen MR) is 76.1 cm³/mol. The van der Waals surface area contributed by atoms with Crippen LogP contribution in [0.25, 0.3) is 11.2 Å². The quantitative estimate of drug-likeness (QED) is 0.860. The third kappa shape index (κ3) is 3.32. The van der Waals surface area contributed by atoms with Crippen LogP contribution in [0.2, 0.25) is 0 Å². The Bertz CT molecular complexity index is 515. The number of imidazole rings is 1. The summed E-state index contributed by atoms with van der Waals surface area (Å²) in [6.45, 7) is 10.7. The van der Waals surface area contributed by atoms with Gasteiger partial charge in [-0.2, -0.15) is 4.98 Å². The Morgan fingerprint density at radius 1 is 1.33 bits per heavy atom. The maximum Gasteiger partial charge on any atom is 0.280 e. The van der Waals surface area contributed by atoms with Crippen molar-refractivity contribution >= 4 is 17.1 Å². The minimum Gasteiger partial charge on any atom is -0.359 e. The average Bonchev–Trinajstić information content (AvgIpc) is 2.86. The first-order chi connectivity index (χ1) is 8.76. The standard InChI is InChI=1S/C8H11N5O.2C2H6/c1-3-13-4-10-5-6(13)11-8(9-2)12-7(5)14;2*1-2/h4H,3H2,1-2H3,(H2,9,11,12,14);2*1-2H3. The molecule has 2 heterocycles. The highest BCUT2D eigenvalue weighted by Crippen LogP contribution is 2.06. The molecule has 0 bridgehead atoms. The summed E-state index contributed by atoms with van der Waals surface area (Å²) in [6, 6.07) is 0. The number of rotatable bonds is 2. The number of anilines is 1. The zero-order valence-corrected chi connectivity index (χ0v) is 12.0. The number of fused-ring (bicyclic) bond motifs is 1. The van der Waals surface area contributed by atoms with Crippen LogP contribution < -0.4 is 10.9 Å². The van der Waals surface area contributed by atoms with Gasteiger partial charge in [-0.25, -0.2) is 4.98 Å². The third-order valence-corrected chi connectivity index (χ3v) is 2.05. The van der Waals surface area contributed by atoms with Crippen LogP contribution >= 0.6 is 0 Å². The number of hydrogen-bond donors (Lipinski definition) is 2. The summed E-state index contributed by atoms with van der Waals surface area (Å²) >= 11 is 0. The van der Waals surface area contributed by atoms with Crippen LogP contribution in [0, 0.1) is 0 Å². The molecule has 0 aliphatic carbocycles. The number of nitrogens with zero attached hydrogens (tertiary/aromatic N) is 3. The van der Waals surface area contributed by atoms with Crippen molar-refractivity contribution in [2.45, 2.75) is 41.2 Å². The van der Waals surface area contributed by atoms with Gasteiger partial charge in [0.05, 0.1) is 6.33 Å². The number of aromatic amines is 1. The molecule has 0 saturated heterocycles. The summed E-state index contributed by atoms with van der Waals surface area (Å²) in [5.41, 5.74) is 0.776. The molecule has 0 fully saturated rings. The van der Waals surface area contributed by atoms with Crippen LogP contribution in [0.1, 0.15) is 34.6 Å². The molecule has 2 rings (SSSR count). The van der Waals surface area contributed by atoms with Gasteiger partial charge in [0.1, 0.15) is 0 Å². The molecule has 0 unspecified atom stereocenters. The van der Waals surface area contributed by atoms with Gasteiger partial charge < -0.3 is 9.88 Å². The van der Waals surface area contributed by atoms with Crippen molar-refractivity contribution in [3.63, 3.8) is 0 Å². The Morgan fingerprint density at radius 2 is 1.94 bits per heavy atom. The summed E-state index contributed by atoms with van der Waals surface area (Å²) in [6.07, 6.45) is 1.62. The molecule has 0 aliphatic rings. The second-order valence-electron chi connectivity index (χ2n) is 2.87. The fourth-order valence-electron chi connectivity index (χ4n) is 1.30. The van der Waals surface area contributed by atoms with Gasteiger partial charge >= 0.3 is 0 Å². The zero-order valence-electron chi connectivity index (χ0n) is 12.0. The van der Waals surface area contributed by atoms with Gasteiger partial charge in [0, 0.05) is 13.6 Å². The normalized spacial score (nSPS) is 9.00. The topological polar surface area (TPSA) is 75.6 Å². The lowest BCUT2D eigenvalue weighted by molar-refractivity contribution is 0.777. The summed E-state index contributed by atoms with van der Waals surface area (Å²) in [5.74, 6) is 0.456. The van der Waals surface area contributed by atoms with Crippen molar-refractivity contribution < 1.29 is 0 Å². The molecule has 102 valence electrons. The molecule has 0 radical (unpaired) electrons. The summed E-state index contributed by atoms with van der Waals surface area (Å²) in [5, 5.41) is 2.79. The summed E-state index contributed by atoms with van der Waals surface area (Å²) in [7, 11) is 1.71. The van der Waals surface area contributed by atoms with Gasteiger partial charge in [0.25, 0.3) is 5.56 Å². The highest BCUT2D eigenvalue weighted by Gasteiger charge is 2.07. The van der Waals surface area contributed by atoms with E-state index in [2.05, 4.69) is 20.3 Å². The Balaban J connectivity index is 0.000000659. The van der Waals surface area contributed by atoms with E-state index in [4.69, 9.17) is 0 Å². The van der Waals surface area contributed by atoms with Crippen molar-refractivity contribution in [3.8, 4) is 0 Å². The minimum absolute atomic E-state index is 0.216. The molecule has 0 amide bonds. The minimum atomic E-state index is -0.216. The molecule has 2 aromatic heterocycles. The van der Waals surface area contributed by atoms with Gasteiger partial charge in [0.15, 0.2) is 11.2 Å². The lowest BCUT2D eigenvalue weighted by atomic mass is 10.5. The molecule has 0 saturated carbocycles. The Hall–Kier alpha value is -1.85. The van der Waals surface area contributed by atoms with E-state index in [1.165, 1.54) is 0 Å². The number of hydrogen-bond acceptors (Lipinski definition) is 4.